The Morgan fingerprint density at radius 1 is 1.26 bits per heavy atom. The minimum absolute atomic E-state index is 0.116. The molecule has 3 rings (SSSR count). The molecule has 3 amide bonds. The lowest BCUT2D eigenvalue weighted by Crippen LogP contribution is -2.41. The van der Waals surface area contributed by atoms with Crippen molar-refractivity contribution in [2.45, 2.75) is 52.2 Å². The number of anilines is 1. The number of carbonyl (C=O) groups is 2. The van der Waals surface area contributed by atoms with Crippen LogP contribution in [0.3, 0.4) is 0 Å². The number of carbonyl (C=O) groups excluding carboxylic acids is 2. The number of likely N-dealkylation sites (tertiary alicyclic amines) is 1. The molecule has 0 radical (unpaired) electrons. The van der Waals surface area contributed by atoms with E-state index in [-0.39, 0.29) is 11.9 Å². The molecular formula is C21H34N6O3Si. The van der Waals surface area contributed by atoms with Gasteiger partial charge in [0, 0.05) is 47.4 Å². The fraction of sp³-hybridized carbons (Fsp3) is 0.619. The molecule has 0 saturated carbocycles. The second kappa shape index (κ2) is 10.2. The summed E-state index contributed by atoms with van der Waals surface area (Å²) in [6, 6.07) is 2.70. The van der Waals surface area contributed by atoms with Crippen LogP contribution in [0.5, 0.6) is 0 Å². The van der Waals surface area contributed by atoms with Gasteiger partial charge in [-0.3, -0.25) is 10.1 Å². The maximum Gasteiger partial charge on any atom is 0.320 e. The first-order chi connectivity index (χ1) is 14.7. The van der Waals surface area contributed by atoms with Crippen molar-refractivity contribution in [2.75, 3.05) is 31.6 Å². The summed E-state index contributed by atoms with van der Waals surface area (Å²) in [4.78, 5) is 34.4. The van der Waals surface area contributed by atoms with Gasteiger partial charge in [0.25, 0.3) is 0 Å². The Kier molecular flexibility index (Phi) is 7.66. The van der Waals surface area contributed by atoms with Crippen LogP contribution >= 0.6 is 0 Å². The second-order valence-electron chi connectivity index (χ2n) is 9.38. The zero-order valence-corrected chi connectivity index (χ0v) is 20.0. The van der Waals surface area contributed by atoms with Crippen molar-refractivity contribution < 1.29 is 14.3 Å². The van der Waals surface area contributed by atoms with E-state index >= 15 is 0 Å². The van der Waals surface area contributed by atoms with E-state index < -0.39 is 8.07 Å². The van der Waals surface area contributed by atoms with Gasteiger partial charge in [0.1, 0.15) is 12.2 Å². The van der Waals surface area contributed by atoms with E-state index in [4.69, 9.17) is 4.74 Å². The first kappa shape index (κ1) is 23.2. The molecule has 1 saturated heterocycles. The fourth-order valence-electron chi connectivity index (χ4n) is 3.52. The van der Waals surface area contributed by atoms with Crippen LogP contribution in [0.15, 0.2) is 18.5 Å². The van der Waals surface area contributed by atoms with Gasteiger partial charge in [-0.1, -0.05) is 19.6 Å². The van der Waals surface area contributed by atoms with E-state index in [1.54, 1.807) is 13.1 Å². The van der Waals surface area contributed by atoms with E-state index in [1.165, 1.54) is 0 Å². The van der Waals surface area contributed by atoms with Crippen molar-refractivity contribution in [3.8, 4) is 0 Å². The van der Waals surface area contributed by atoms with Crippen LogP contribution in [0.2, 0.25) is 25.7 Å². The first-order valence-corrected chi connectivity index (χ1v) is 14.6. The number of rotatable bonds is 8. The highest BCUT2D eigenvalue weighted by atomic mass is 28.3. The Bertz CT molecular complexity index is 902. The van der Waals surface area contributed by atoms with Gasteiger partial charge in [0.2, 0.25) is 5.91 Å². The molecule has 0 aromatic carbocycles. The average Bonchev–Trinajstić information content (AvgIpc) is 3.11. The third kappa shape index (κ3) is 7.03. The maximum absolute atomic E-state index is 12.2. The smallest absolute Gasteiger partial charge is 0.320 e. The highest BCUT2D eigenvalue weighted by Gasteiger charge is 2.21. The molecule has 0 bridgehead atoms. The first-order valence-electron chi connectivity index (χ1n) is 10.9. The molecule has 2 aromatic rings. The number of nitrogens with one attached hydrogen (secondary N) is 2. The molecule has 0 unspecified atom stereocenters. The summed E-state index contributed by atoms with van der Waals surface area (Å²) >= 11 is 0. The Labute approximate surface area is 184 Å². The number of nitrogens with zero attached hydrogens (tertiary/aromatic N) is 4. The quantitative estimate of drug-likeness (QED) is 0.479. The van der Waals surface area contributed by atoms with Crippen molar-refractivity contribution in [3.05, 3.63) is 18.5 Å². The largest absolute Gasteiger partial charge is 0.361 e. The van der Waals surface area contributed by atoms with Gasteiger partial charge in [-0.2, -0.15) is 0 Å². The molecule has 1 aliphatic heterocycles. The van der Waals surface area contributed by atoms with Crippen molar-refractivity contribution >= 4 is 37.0 Å². The van der Waals surface area contributed by atoms with Crippen LogP contribution in [0, 0.1) is 5.92 Å². The number of piperidine rings is 1. The molecule has 2 aromatic heterocycles. The molecule has 1 aliphatic rings. The zero-order valence-electron chi connectivity index (χ0n) is 19.0. The van der Waals surface area contributed by atoms with E-state index in [9.17, 15) is 9.59 Å². The molecule has 0 aliphatic carbocycles. The predicted molar refractivity (Wildman–Crippen MR) is 124 cm³/mol. The number of amides is 3. The maximum atomic E-state index is 12.2. The van der Waals surface area contributed by atoms with E-state index in [1.807, 2.05) is 21.7 Å². The fourth-order valence-corrected chi connectivity index (χ4v) is 4.27. The molecule has 2 N–H and O–H groups in total. The van der Waals surface area contributed by atoms with Gasteiger partial charge in [-0.25, -0.2) is 14.8 Å². The summed E-state index contributed by atoms with van der Waals surface area (Å²) in [5.41, 5.74) is 1.44. The van der Waals surface area contributed by atoms with Crippen LogP contribution in [-0.4, -0.2) is 65.7 Å². The van der Waals surface area contributed by atoms with E-state index in [2.05, 4.69) is 40.2 Å². The van der Waals surface area contributed by atoms with Crippen molar-refractivity contribution in [2.24, 2.45) is 5.92 Å². The summed E-state index contributed by atoms with van der Waals surface area (Å²) in [7, 11) is -1.11. The van der Waals surface area contributed by atoms with Crippen LogP contribution < -0.4 is 10.6 Å². The molecule has 0 atom stereocenters. The molecule has 1 fully saturated rings. The van der Waals surface area contributed by atoms with E-state index in [0.29, 0.717) is 30.5 Å². The summed E-state index contributed by atoms with van der Waals surface area (Å²) < 4.78 is 7.72. The van der Waals surface area contributed by atoms with Gasteiger partial charge >= 0.3 is 6.03 Å². The highest BCUT2D eigenvalue weighted by molar-refractivity contribution is 6.76. The molecule has 170 valence electrons. The van der Waals surface area contributed by atoms with Gasteiger partial charge in [-0.05, 0) is 30.9 Å². The molecular weight excluding hydrogens is 412 g/mol. The number of hydrogen-bond acceptors (Lipinski definition) is 5. The van der Waals surface area contributed by atoms with Crippen LogP contribution in [-0.2, 0) is 16.3 Å². The Balaban J connectivity index is 1.45. The van der Waals surface area contributed by atoms with Crippen molar-refractivity contribution in [3.63, 3.8) is 0 Å². The zero-order chi connectivity index (χ0) is 22.4. The van der Waals surface area contributed by atoms with Gasteiger partial charge in [-0.15, -0.1) is 0 Å². The Morgan fingerprint density at radius 2 is 2.00 bits per heavy atom. The number of hydrogen-bond donors (Lipinski definition) is 2. The number of aromatic nitrogens is 3. The van der Waals surface area contributed by atoms with Gasteiger partial charge in [0.05, 0.1) is 6.20 Å². The lowest BCUT2D eigenvalue weighted by atomic mass is 9.97. The monoisotopic (exact) mass is 446 g/mol. The number of ether oxygens (including phenoxy) is 1. The lowest BCUT2D eigenvalue weighted by Gasteiger charge is -2.31. The summed E-state index contributed by atoms with van der Waals surface area (Å²) in [5.74, 6) is 0.906. The number of urea groups is 1. The topological polar surface area (TPSA) is 101 Å². The van der Waals surface area contributed by atoms with Gasteiger partial charge in [0.15, 0.2) is 11.5 Å². The van der Waals surface area contributed by atoms with Crippen molar-refractivity contribution in [1.82, 2.24) is 24.8 Å². The standard InChI is InChI=1S/C21H34N6O3Si/c1-16(28)26-8-5-17(6-9-26)13-23-21(29)25-19-14-22-20-18(24-19)7-10-27(20)15-30-11-12-31(2,3)4/h7,10,14,17H,5-6,8-9,11-13,15H2,1-4H3,(H2,23,24,25,29). The molecule has 0 spiro atoms. The third-order valence-electron chi connectivity index (χ3n) is 5.54. The molecule has 10 heteroatoms. The summed E-state index contributed by atoms with van der Waals surface area (Å²) in [5, 5.41) is 5.66. The summed E-state index contributed by atoms with van der Waals surface area (Å²) in [6.45, 7) is 11.9. The average molecular weight is 447 g/mol. The predicted octanol–water partition coefficient (Wildman–Crippen LogP) is 3.12. The second-order valence-corrected chi connectivity index (χ2v) is 15.0. The highest BCUT2D eigenvalue weighted by Crippen LogP contribution is 2.17. The van der Waals surface area contributed by atoms with E-state index in [0.717, 1.165) is 44.2 Å². The SMILES string of the molecule is CC(=O)N1CCC(CNC(=O)Nc2cnc3c(ccn3COCC[Si](C)(C)C)n2)CC1. The third-order valence-corrected chi connectivity index (χ3v) is 7.25. The van der Waals surface area contributed by atoms with Crippen LogP contribution in [0.1, 0.15) is 19.8 Å². The number of fused-ring (bicyclic) bond motifs is 1. The normalized spacial score (nSPS) is 15.3. The van der Waals surface area contributed by atoms with Gasteiger partial charge < -0.3 is 19.5 Å². The molecule has 31 heavy (non-hydrogen) atoms. The minimum atomic E-state index is -1.11. The molecule has 3 heterocycles. The Hall–Kier alpha value is -2.46. The van der Waals surface area contributed by atoms with Crippen molar-refractivity contribution in [1.29, 1.82) is 0 Å². The lowest BCUT2D eigenvalue weighted by molar-refractivity contribution is -0.130. The minimum Gasteiger partial charge on any atom is -0.361 e. The molecule has 9 nitrogen and oxygen atoms in total. The summed E-state index contributed by atoms with van der Waals surface area (Å²) in [6.07, 6.45) is 5.26. The Morgan fingerprint density at radius 3 is 2.68 bits per heavy atom. The van der Waals surface area contributed by atoms with Crippen LogP contribution in [0.25, 0.3) is 11.2 Å². The van der Waals surface area contributed by atoms with Crippen LogP contribution in [0.4, 0.5) is 10.6 Å².